The molecule has 0 aromatic heterocycles. The Morgan fingerprint density at radius 1 is 0.270 bits per heavy atom. The fourth-order valence-electron chi connectivity index (χ4n) is 5.82. The minimum absolute atomic E-state index is 0.0336. The summed E-state index contributed by atoms with van der Waals surface area (Å²) in [5, 5.41) is 10.3. The van der Waals surface area contributed by atoms with Crippen LogP contribution in [0.5, 0.6) is 0 Å². The average Bonchev–Trinajstić information content (AvgIpc) is 2.90. The molecular formula is C36H74O. The molecule has 1 nitrogen and oxygen atoms in total. The molecule has 0 aromatic rings. The van der Waals surface area contributed by atoms with Crippen molar-refractivity contribution in [2.75, 3.05) is 0 Å². The molecule has 1 atom stereocenters. The van der Waals surface area contributed by atoms with Crippen LogP contribution in [-0.4, -0.2) is 11.2 Å². The Balaban J connectivity index is 3.13. The maximum absolute atomic E-state index is 10.3. The molecule has 37 heavy (non-hydrogen) atoms. The lowest BCUT2D eigenvalue weighted by molar-refractivity contribution is 0.147. The molecule has 0 bridgehead atoms. The van der Waals surface area contributed by atoms with E-state index in [1.165, 1.54) is 199 Å². The van der Waals surface area contributed by atoms with Crippen LogP contribution >= 0.6 is 0 Å². The Hall–Kier alpha value is -0.0400. The van der Waals surface area contributed by atoms with Crippen molar-refractivity contribution < 1.29 is 5.11 Å². The monoisotopic (exact) mass is 523 g/mol. The van der Waals surface area contributed by atoms with Gasteiger partial charge in [0, 0.05) is 0 Å². The van der Waals surface area contributed by atoms with Crippen LogP contribution < -0.4 is 0 Å². The van der Waals surface area contributed by atoms with Crippen LogP contribution in [0.3, 0.4) is 0 Å². The highest BCUT2D eigenvalue weighted by Gasteiger charge is 2.04. The van der Waals surface area contributed by atoms with E-state index >= 15 is 0 Å². The Morgan fingerprint density at radius 2 is 0.432 bits per heavy atom. The van der Waals surface area contributed by atoms with Gasteiger partial charge in [-0.2, -0.15) is 0 Å². The van der Waals surface area contributed by atoms with Crippen LogP contribution in [0, 0.1) is 0 Å². The number of aliphatic hydroxyl groups is 1. The van der Waals surface area contributed by atoms with E-state index in [2.05, 4.69) is 13.8 Å². The molecule has 0 aliphatic rings. The molecule has 0 amide bonds. The zero-order valence-corrected chi connectivity index (χ0v) is 26.4. The van der Waals surface area contributed by atoms with Gasteiger partial charge in [-0.25, -0.2) is 0 Å². The predicted molar refractivity (Wildman–Crippen MR) is 170 cm³/mol. The van der Waals surface area contributed by atoms with Gasteiger partial charge < -0.3 is 5.11 Å². The molecule has 0 radical (unpaired) electrons. The Bertz CT molecular complexity index is 379. The molecule has 0 fully saturated rings. The van der Waals surface area contributed by atoms with Crippen molar-refractivity contribution in [1.29, 1.82) is 0 Å². The van der Waals surface area contributed by atoms with E-state index in [-0.39, 0.29) is 6.10 Å². The molecular weight excluding hydrogens is 448 g/mol. The molecule has 1 unspecified atom stereocenters. The zero-order valence-electron chi connectivity index (χ0n) is 26.4. The van der Waals surface area contributed by atoms with E-state index in [1.54, 1.807) is 0 Å². The fraction of sp³-hybridized carbons (Fsp3) is 1.00. The quantitative estimate of drug-likeness (QED) is 0.0849. The van der Waals surface area contributed by atoms with E-state index in [4.69, 9.17) is 0 Å². The first-order valence-corrected chi connectivity index (χ1v) is 18.0. The SMILES string of the molecule is CCCCCCCCCCCCCCCCCCCC(O)CCCCCCCCCCCCCCCC. The molecule has 1 N–H and O–H groups in total. The van der Waals surface area contributed by atoms with Gasteiger partial charge >= 0.3 is 0 Å². The summed E-state index contributed by atoms with van der Waals surface area (Å²) in [6, 6.07) is 0. The summed E-state index contributed by atoms with van der Waals surface area (Å²) in [7, 11) is 0. The van der Waals surface area contributed by atoms with Crippen molar-refractivity contribution in [2.24, 2.45) is 0 Å². The summed E-state index contributed by atoms with van der Waals surface area (Å²) >= 11 is 0. The summed E-state index contributed by atoms with van der Waals surface area (Å²) in [6.07, 6.45) is 46.0. The number of hydrogen-bond acceptors (Lipinski definition) is 1. The van der Waals surface area contributed by atoms with Crippen LogP contribution in [0.2, 0.25) is 0 Å². The van der Waals surface area contributed by atoms with E-state index in [0.717, 1.165) is 12.8 Å². The molecule has 0 aromatic carbocycles. The van der Waals surface area contributed by atoms with Crippen molar-refractivity contribution in [3.05, 3.63) is 0 Å². The van der Waals surface area contributed by atoms with E-state index in [1.807, 2.05) is 0 Å². The zero-order chi connectivity index (χ0) is 26.9. The van der Waals surface area contributed by atoms with Gasteiger partial charge in [0.15, 0.2) is 0 Å². The molecule has 0 heterocycles. The minimum atomic E-state index is -0.0336. The summed E-state index contributed by atoms with van der Waals surface area (Å²) in [5.74, 6) is 0. The number of aliphatic hydroxyl groups excluding tert-OH is 1. The number of unbranched alkanes of at least 4 members (excludes halogenated alkanes) is 29. The molecule has 0 aliphatic carbocycles. The first-order valence-electron chi connectivity index (χ1n) is 18.0. The Morgan fingerprint density at radius 3 is 0.622 bits per heavy atom. The maximum atomic E-state index is 10.3. The molecule has 0 aliphatic heterocycles. The van der Waals surface area contributed by atoms with Gasteiger partial charge in [0.25, 0.3) is 0 Å². The molecule has 1 heteroatoms. The van der Waals surface area contributed by atoms with E-state index < -0.39 is 0 Å². The summed E-state index contributed by atoms with van der Waals surface area (Å²) in [5.41, 5.74) is 0. The van der Waals surface area contributed by atoms with Crippen molar-refractivity contribution >= 4 is 0 Å². The molecule has 0 saturated carbocycles. The third kappa shape index (κ3) is 33.9. The van der Waals surface area contributed by atoms with Crippen molar-refractivity contribution in [3.63, 3.8) is 0 Å². The van der Waals surface area contributed by atoms with Crippen LogP contribution in [0.4, 0.5) is 0 Å². The molecule has 224 valence electrons. The number of hydrogen-bond donors (Lipinski definition) is 1. The van der Waals surface area contributed by atoms with E-state index in [0.29, 0.717) is 0 Å². The van der Waals surface area contributed by atoms with Gasteiger partial charge in [-0.05, 0) is 12.8 Å². The van der Waals surface area contributed by atoms with Gasteiger partial charge in [-0.15, -0.1) is 0 Å². The lowest BCUT2D eigenvalue weighted by Gasteiger charge is -2.10. The average molecular weight is 523 g/mol. The summed E-state index contributed by atoms with van der Waals surface area (Å²) < 4.78 is 0. The van der Waals surface area contributed by atoms with Crippen molar-refractivity contribution in [1.82, 2.24) is 0 Å². The van der Waals surface area contributed by atoms with Crippen LogP contribution in [0.1, 0.15) is 226 Å². The normalized spacial score (nSPS) is 12.4. The first-order chi connectivity index (χ1) is 18.3. The smallest absolute Gasteiger partial charge is 0.0540 e. The van der Waals surface area contributed by atoms with Gasteiger partial charge in [0.2, 0.25) is 0 Å². The van der Waals surface area contributed by atoms with Crippen molar-refractivity contribution in [3.8, 4) is 0 Å². The van der Waals surface area contributed by atoms with Crippen molar-refractivity contribution in [2.45, 2.75) is 232 Å². The van der Waals surface area contributed by atoms with Gasteiger partial charge in [-0.3, -0.25) is 0 Å². The maximum Gasteiger partial charge on any atom is 0.0540 e. The second-order valence-corrected chi connectivity index (χ2v) is 12.5. The van der Waals surface area contributed by atoms with Crippen LogP contribution in [0.15, 0.2) is 0 Å². The van der Waals surface area contributed by atoms with E-state index in [9.17, 15) is 5.11 Å². The Kier molecular flexibility index (Phi) is 34.0. The first kappa shape index (κ1) is 37.0. The fourth-order valence-corrected chi connectivity index (χ4v) is 5.82. The van der Waals surface area contributed by atoms with Crippen LogP contribution in [-0.2, 0) is 0 Å². The highest BCUT2D eigenvalue weighted by atomic mass is 16.3. The molecule has 0 spiro atoms. The topological polar surface area (TPSA) is 20.2 Å². The third-order valence-corrected chi connectivity index (χ3v) is 8.53. The summed E-state index contributed by atoms with van der Waals surface area (Å²) in [6.45, 7) is 4.60. The molecule has 0 rings (SSSR count). The largest absolute Gasteiger partial charge is 0.393 e. The minimum Gasteiger partial charge on any atom is -0.393 e. The third-order valence-electron chi connectivity index (χ3n) is 8.53. The molecule has 0 saturated heterocycles. The lowest BCUT2D eigenvalue weighted by atomic mass is 10.0. The van der Waals surface area contributed by atoms with Crippen LogP contribution in [0.25, 0.3) is 0 Å². The highest BCUT2D eigenvalue weighted by molar-refractivity contribution is 4.58. The second kappa shape index (κ2) is 34.0. The second-order valence-electron chi connectivity index (χ2n) is 12.5. The highest BCUT2D eigenvalue weighted by Crippen LogP contribution is 2.17. The Labute approximate surface area is 236 Å². The van der Waals surface area contributed by atoms with Gasteiger partial charge in [-0.1, -0.05) is 213 Å². The lowest BCUT2D eigenvalue weighted by Crippen LogP contribution is -2.05. The van der Waals surface area contributed by atoms with Gasteiger partial charge in [0.05, 0.1) is 6.10 Å². The number of rotatable bonds is 33. The standard InChI is InChI=1S/C36H74O/c1-3-5-7-9-11-13-15-17-19-20-21-23-25-27-29-31-33-35-36(37)34-32-30-28-26-24-22-18-16-14-12-10-8-6-4-2/h36-37H,3-35H2,1-2H3. The van der Waals surface area contributed by atoms with Gasteiger partial charge in [0.1, 0.15) is 0 Å². The summed E-state index contributed by atoms with van der Waals surface area (Å²) in [4.78, 5) is 0. The predicted octanol–water partition coefficient (Wildman–Crippen LogP) is 13.3.